The minimum Gasteiger partial charge on any atom is -0.507 e. The molecule has 1 saturated heterocycles. The summed E-state index contributed by atoms with van der Waals surface area (Å²) in [6.45, 7) is 5.60. The Morgan fingerprint density at radius 1 is 1.08 bits per heavy atom. The summed E-state index contributed by atoms with van der Waals surface area (Å²) in [7, 11) is 0. The summed E-state index contributed by atoms with van der Waals surface area (Å²) in [6.07, 6.45) is 3.11. The molecular formula is C22H29NO3. The van der Waals surface area contributed by atoms with Gasteiger partial charge in [-0.25, -0.2) is 0 Å². The summed E-state index contributed by atoms with van der Waals surface area (Å²) in [4.78, 5) is 2.39. The zero-order valence-corrected chi connectivity index (χ0v) is 15.5. The first-order valence-corrected chi connectivity index (χ1v) is 9.57. The Bertz CT molecular complexity index is 708. The highest BCUT2D eigenvalue weighted by Gasteiger charge is 2.22. The number of ether oxygens (including phenoxy) is 1. The van der Waals surface area contributed by atoms with E-state index in [9.17, 15) is 10.2 Å². The van der Waals surface area contributed by atoms with Crippen LogP contribution in [0.15, 0.2) is 42.5 Å². The van der Waals surface area contributed by atoms with Crippen LogP contribution >= 0.6 is 0 Å². The molecule has 2 N–H and O–H groups in total. The van der Waals surface area contributed by atoms with Gasteiger partial charge in [0.05, 0.1) is 13.2 Å². The topological polar surface area (TPSA) is 52.9 Å². The molecule has 2 aromatic rings. The van der Waals surface area contributed by atoms with Crippen LogP contribution in [0.4, 0.5) is 0 Å². The second kappa shape index (κ2) is 9.06. The van der Waals surface area contributed by atoms with Crippen LogP contribution in [0, 0.1) is 0 Å². The molecule has 1 aliphatic heterocycles. The second-order valence-corrected chi connectivity index (χ2v) is 7.05. The van der Waals surface area contributed by atoms with E-state index in [-0.39, 0.29) is 6.61 Å². The van der Waals surface area contributed by atoms with Crippen LogP contribution in [0.3, 0.4) is 0 Å². The van der Waals surface area contributed by atoms with Gasteiger partial charge < -0.3 is 14.9 Å². The van der Waals surface area contributed by atoms with Gasteiger partial charge in [0.15, 0.2) is 0 Å². The zero-order valence-electron chi connectivity index (χ0n) is 15.5. The lowest BCUT2D eigenvalue weighted by Gasteiger charge is -2.33. The lowest BCUT2D eigenvalue weighted by molar-refractivity contribution is 0.201. The summed E-state index contributed by atoms with van der Waals surface area (Å²) in [5.41, 5.74) is 3.28. The number of likely N-dealkylation sites (tertiary alicyclic amines) is 1. The molecule has 4 nitrogen and oxygen atoms in total. The first-order chi connectivity index (χ1) is 12.7. The number of phenols is 1. The maximum absolute atomic E-state index is 10.3. The second-order valence-electron chi connectivity index (χ2n) is 7.05. The van der Waals surface area contributed by atoms with Crippen LogP contribution in [-0.2, 0) is 13.2 Å². The van der Waals surface area contributed by atoms with E-state index in [2.05, 4.69) is 24.0 Å². The van der Waals surface area contributed by atoms with E-state index >= 15 is 0 Å². The quantitative estimate of drug-likeness (QED) is 0.787. The molecule has 0 amide bonds. The van der Waals surface area contributed by atoms with Crippen molar-refractivity contribution in [1.29, 1.82) is 0 Å². The number of benzene rings is 2. The molecule has 0 aromatic heterocycles. The van der Waals surface area contributed by atoms with E-state index in [0.717, 1.165) is 55.8 Å². The number of hydrogen-bond donors (Lipinski definition) is 2. The molecule has 26 heavy (non-hydrogen) atoms. The van der Waals surface area contributed by atoms with E-state index in [0.29, 0.717) is 18.3 Å². The van der Waals surface area contributed by atoms with Crippen LogP contribution in [0.1, 0.15) is 48.8 Å². The first-order valence-electron chi connectivity index (χ1n) is 9.57. The highest BCUT2D eigenvalue weighted by Crippen LogP contribution is 2.32. The van der Waals surface area contributed by atoms with Crippen LogP contribution in [0.2, 0.25) is 0 Å². The lowest BCUT2D eigenvalue weighted by Crippen LogP contribution is -2.32. The molecule has 1 heterocycles. The first kappa shape index (κ1) is 18.7. The highest BCUT2D eigenvalue weighted by atomic mass is 16.5. The van der Waals surface area contributed by atoms with Crippen molar-refractivity contribution < 1.29 is 14.9 Å². The average Bonchev–Trinajstić information content (AvgIpc) is 2.69. The molecule has 1 aliphatic rings. The highest BCUT2D eigenvalue weighted by molar-refractivity contribution is 5.39. The number of aromatic hydroxyl groups is 1. The number of piperidine rings is 1. The molecule has 0 aliphatic carbocycles. The Morgan fingerprint density at radius 2 is 1.85 bits per heavy atom. The number of nitrogens with zero attached hydrogens (tertiary/aromatic N) is 1. The molecule has 3 rings (SSSR count). The van der Waals surface area contributed by atoms with E-state index in [1.165, 1.54) is 5.56 Å². The summed E-state index contributed by atoms with van der Waals surface area (Å²) in [5, 5.41) is 19.8. The molecule has 1 fully saturated rings. The maximum atomic E-state index is 10.3. The van der Waals surface area contributed by atoms with Crippen LogP contribution in [-0.4, -0.2) is 34.8 Å². The van der Waals surface area contributed by atoms with E-state index in [4.69, 9.17) is 4.74 Å². The van der Waals surface area contributed by atoms with Crippen molar-refractivity contribution in [1.82, 2.24) is 4.90 Å². The number of aliphatic hydroxyl groups excluding tert-OH is 1. The van der Waals surface area contributed by atoms with E-state index in [1.807, 2.05) is 24.3 Å². The number of phenolic OH excluding ortho intramolecular Hbond substituents is 1. The smallest absolute Gasteiger partial charge is 0.123 e. The van der Waals surface area contributed by atoms with E-state index in [1.54, 1.807) is 6.07 Å². The normalized spacial score (nSPS) is 15.9. The molecule has 0 radical (unpaired) electrons. The van der Waals surface area contributed by atoms with Crippen LogP contribution < -0.4 is 4.74 Å². The monoisotopic (exact) mass is 355 g/mol. The number of hydrogen-bond acceptors (Lipinski definition) is 4. The summed E-state index contributed by atoms with van der Waals surface area (Å²) in [5.74, 6) is 1.55. The van der Waals surface area contributed by atoms with E-state index < -0.39 is 0 Å². The van der Waals surface area contributed by atoms with Gasteiger partial charge >= 0.3 is 0 Å². The van der Waals surface area contributed by atoms with Gasteiger partial charge in [-0.2, -0.15) is 0 Å². The third-order valence-electron chi connectivity index (χ3n) is 5.18. The molecule has 140 valence electrons. The summed E-state index contributed by atoms with van der Waals surface area (Å²) in [6, 6.07) is 13.8. The van der Waals surface area contributed by atoms with Gasteiger partial charge in [0, 0.05) is 18.2 Å². The van der Waals surface area contributed by atoms with Gasteiger partial charge in [0.25, 0.3) is 0 Å². The van der Waals surface area contributed by atoms with Gasteiger partial charge in [0.2, 0.25) is 0 Å². The third-order valence-corrected chi connectivity index (χ3v) is 5.18. The van der Waals surface area contributed by atoms with Crippen LogP contribution in [0.25, 0.3) is 0 Å². The van der Waals surface area contributed by atoms with Gasteiger partial charge in [-0.15, -0.1) is 0 Å². The Morgan fingerprint density at radius 3 is 2.54 bits per heavy atom. The Hall–Kier alpha value is -2.04. The largest absolute Gasteiger partial charge is 0.507 e. The van der Waals surface area contributed by atoms with Crippen molar-refractivity contribution in [3.63, 3.8) is 0 Å². The summed E-state index contributed by atoms with van der Waals surface area (Å²) >= 11 is 0. The fourth-order valence-electron chi connectivity index (χ4n) is 3.71. The number of aliphatic hydroxyl groups is 1. The van der Waals surface area contributed by atoms with Crippen molar-refractivity contribution in [2.24, 2.45) is 0 Å². The fourth-order valence-corrected chi connectivity index (χ4v) is 3.71. The molecular weight excluding hydrogens is 326 g/mol. The Kier molecular flexibility index (Phi) is 6.53. The molecule has 0 saturated carbocycles. The maximum Gasteiger partial charge on any atom is 0.123 e. The SMILES string of the molecule is CCCOc1ccc(CN2CCC(c3ccccc3CO)CC2)c(O)c1. The summed E-state index contributed by atoms with van der Waals surface area (Å²) < 4.78 is 5.57. The molecule has 2 aromatic carbocycles. The lowest BCUT2D eigenvalue weighted by atomic mass is 9.86. The molecule has 0 spiro atoms. The van der Waals surface area contributed by atoms with Crippen molar-refractivity contribution in [2.45, 2.75) is 45.3 Å². The number of rotatable bonds is 7. The molecule has 4 heteroatoms. The molecule has 0 bridgehead atoms. The van der Waals surface area contributed by atoms with Gasteiger partial charge in [-0.3, -0.25) is 4.90 Å². The average molecular weight is 355 g/mol. The predicted octanol–water partition coefficient (Wildman–Crippen LogP) is 4.05. The molecule has 0 atom stereocenters. The van der Waals surface area contributed by atoms with Crippen molar-refractivity contribution >= 4 is 0 Å². The minimum atomic E-state index is 0.108. The Balaban J connectivity index is 1.57. The molecule has 0 unspecified atom stereocenters. The van der Waals surface area contributed by atoms with Crippen molar-refractivity contribution in [3.05, 3.63) is 59.2 Å². The van der Waals surface area contributed by atoms with Crippen molar-refractivity contribution in [2.75, 3.05) is 19.7 Å². The zero-order chi connectivity index (χ0) is 18.4. The minimum absolute atomic E-state index is 0.108. The van der Waals surface area contributed by atoms with Crippen LogP contribution in [0.5, 0.6) is 11.5 Å². The third kappa shape index (κ3) is 4.57. The van der Waals surface area contributed by atoms with Gasteiger partial charge in [-0.1, -0.05) is 37.3 Å². The predicted molar refractivity (Wildman–Crippen MR) is 104 cm³/mol. The van der Waals surface area contributed by atoms with Gasteiger partial charge in [0.1, 0.15) is 11.5 Å². The Labute approximate surface area is 156 Å². The van der Waals surface area contributed by atoms with Crippen molar-refractivity contribution in [3.8, 4) is 11.5 Å². The fraction of sp³-hybridized carbons (Fsp3) is 0.455. The standard InChI is InChI=1S/C22H29NO3/c1-2-13-26-20-8-7-18(22(25)14-20)15-23-11-9-17(10-12-23)21-6-4-3-5-19(21)16-24/h3-8,14,17,24-25H,2,9-13,15-16H2,1H3. The van der Waals surface area contributed by atoms with Gasteiger partial charge in [-0.05, 0) is 55.5 Å².